The molecule has 16 heavy (non-hydrogen) atoms. The van der Waals surface area contributed by atoms with E-state index in [9.17, 15) is 4.79 Å². The highest BCUT2D eigenvalue weighted by Gasteiger charge is 2.23. The lowest BCUT2D eigenvalue weighted by Gasteiger charge is -2.31. The van der Waals surface area contributed by atoms with Crippen molar-refractivity contribution in [3.05, 3.63) is 11.6 Å². The summed E-state index contributed by atoms with van der Waals surface area (Å²) >= 11 is 1.40. The molecule has 88 valence electrons. The summed E-state index contributed by atoms with van der Waals surface area (Å²) in [6.07, 6.45) is 3.61. The molecule has 6 heteroatoms. The normalized spacial score (nSPS) is 20.8. The topological polar surface area (TPSA) is 65.5 Å². The Morgan fingerprint density at radius 1 is 1.75 bits per heavy atom. The second-order valence-electron chi connectivity index (χ2n) is 3.90. The summed E-state index contributed by atoms with van der Waals surface area (Å²) in [5.41, 5.74) is 0. The molecule has 0 aromatic carbocycles. The quantitative estimate of drug-likeness (QED) is 0.822. The van der Waals surface area contributed by atoms with Crippen LogP contribution in [-0.4, -0.2) is 40.7 Å². The predicted octanol–water partition coefficient (Wildman–Crippen LogP) is 1.38. The minimum atomic E-state index is -0.117. The number of aliphatic hydroxyl groups excluding tert-OH is 1. The van der Waals surface area contributed by atoms with Gasteiger partial charge < -0.3 is 10.0 Å². The Kier molecular flexibility index (Phi) is 3.74. The van der Waals surface area contributed by atoms with Crippen LogP contribution in [0.15, 0.2) is 11.6 Å². The van der Waals surface area contributed by atoms with Gasteiger partial charge in [0.05, 0.1) is 0 Å². The van der Waals surface area contributed by atoms with Gasteiger partial charge in [-0.05, 0) is 18.8 Å². The van der Waals surface area contributed by atoms with Crippen molar-refractivity contribution < 1.29 is 9.90 Å². The van der Waals surface area contributed by atoms with E-state index in [1.807, 2.05) is 5.38 Å². The number of amides is 2. The molecule has 0 bridgehead atoms. The van der Waals surface area contributed by atoms with Crippen molar-refractivity contribution in [3.63, 3.8) is 0 Å². The average Bonchev–Trinajstić information content (AvgIpc) is 2.82. The van der Waals surface area contributed by atoms with Gasteiger partial charge in [-0.25, -0.2) is 9.78 Å². The molecule has 5 nitrogen and oxygen atoms in total. The molecule has 1 aromatic rings. The van der Waals surface area contributed by atoms with Crippen LogP contribution in [-0.2, 0) is 0 Å². The first-order valence-electron chi connectivity index (χ1n) is 5.36. The van der Waals surface area contributed by atoms with Gasteiger partial charge in [-0.3, -0.25) is 5.32 Å². The number of rotatable bonds is 2. The minimum Gasteiger partial charge on any atom is -0.396 e. The molecule has 0 aliphatic carbocycles. The molecule has 2 amide bonds. The monoisotopic (exact) mass is 241 g/mol. The van der Waals surface area contributed by atoms with E-state index < -0.39 is 0 Å². The van der Waals surface area contributed by atoms with E-state index in [1.165, 1.54) is 11.3 Å². The minimum absolute atomic E-state index is 0.117. The van der Waals surface area contributed by atoms with Gasteiger partial charge in [0.15, 0.2) is 5.13 Å². The van der Waals surface area contributed by atoms with Crippen LogP contribution in [0.2, 0.25) is 0 Å². The Balaban J connectivity index is 1.89. The molecular formula is C10H15N3O2S. The Bertz CT molecular complexity index is 342. The molecule has 1 unspecified atom stereocenters. The molecule has 1 aliphatic rings. The van der Waals surface area contributed by atoms with Crippen LogP contribution in [0.4, 0.5) is 9.93 Å². The standard InChI is InChI=1S/C10H15N3O2S/c14-7-8-2-1-4-13(6-8)10(15)12-9-11-3-5-16-9/h3,5,8,14H,1-2,4,6-7H2,(H,11,12,15). The van der Waals surface area contributed by atoms with Gasteiger partial charge in [0.1, 0.15) is 0 Å². The van der Waals surface area contributed by atoms with Crippen LogP contribution in [0.25, 0.3) is 0 Å². The molecule has 0 radical (unpaired) electrons. The lowest BCUT2D eigenvalue weighted by molar-refractivity contribution is 0.136. The number of thiazole rings is 1. The number of nitrogens with zero attached hydrogens (tertiary/aromatic N) is 2. The molecule has 2 N–H and O–H groups in total. The second kappa shape index (κ2) is 5.27. The average molecular weight is 241 g/mol. The van der Waals surface area contributed by atoms with Crippen LogP contribution in [0, 0.1) is 5.92 Å². The molecule has 2 rings (SSSR count). The first-order chi connectivity index (χ1) is 7.79. The first-order valence-corrected chi connectivity index (χ1v) is 6.24. The van der Waals surface area contributed by atoms with Crippen molar-refractivity contribution in [3.8, 4) is 0 Å². The fourth-order valence-corrected chi connectivity index (χ4v) is 2.37. The molecule has 1 aromatic heterocycles. The molecule has 2 heterocycles. The summed E-state index contributed by atoms with van der Waals surface area (Å²) in [5.74, 6) is 0.218. The van der Waals surface area contributed by atoms with Gasteiger partial charge in [-0.2, -0.15) is 0 Å². The number of hydrogen-bond acceptors (Lipinski definition) is 4. The van der Waals surface area contributed by atoms with Crippen LogP contribution < -0.4 is 5.32 Å². The largest absolute Gasteiger partial charge is 0.396 e. The smallest absolute Gasteiger partial charge is 0.323 e. The van der Waals surface area contributed by atoms with E-state index in [1.54, 1.807) is 11.1 Å². The summed E-state index contributed by atoms with van der Waals surface area (Å²) < 4.78 is 0. The number of urea groups is 1. The molecule has 1 saturated heterocycles. The third-order valence-corrected chi connectivity index (χ3v) is 3.40. The number of likely N-dealkylation sites (tertiary alicyclic amines) is 1. The van der Waals surface area contributed by atoms with E-state index >= 15 is 0 Å². The van der Waals surface area contributed by atoms with E-state index in [0.29, 0.717) is 11.7 Å². The van der Waals surface area contributed by atoms with Crippen LogP contribution in [0.3, 0.4) is 0 Å². The van der Waals surface area contributed by atoms with E-state index in [2.05, 4.69) is 10.3 Å². The number of aromatic nitrogens is 1. The Labute approximate surface area is 98.1 Å². The fourth-order valence-electron chi connectivity index (χ4n) is 1.85. The number of nitrogens with one attached hydrogen (secondary N) is 1. The number of aliphatic hydroxyl groups is 1. The Morgan fingerprint density at radius 3 is 3.31 bits per heavy atom. The van der Waals surface area contributed by atoms with Crippen molar-refractivity contribution in [1.82, 2.24) is 9.88 Å². The third-order valence-electron chi connectivity index (χ3n) is 2.71. The van der Waals surface area contributed by atoms with Crippen molar-refractivity contribution >= 4 is 22.5 Å². The van der Waals surface area contributed by atoms with Gasteiger partial charge in [0.25, 0.3) is 0 Å². The highest BCUT2D eigenvalue weighted by Crippen LogP contribution is 2.17. The molecule has 0 spiro atoms. The van der Waals surface area contributed by atoms with Crippen LogP contribution in [0.5, 0.6) is 0 Å². The van der Waals surface area contributed by atoms with Crippen molar-refractivity contribution in [2.24, 2.45) is 5.92 Å². The third kappa shape index (κ3) is 2.70. The summed E-state index contributed by atoms with van der Waals surface area (Å²) in [6.45, 7) is 1.54. The maximum atomic E-state index is 11.8. The van der Waals surface area contributed by atoms with E-state index in [4.69, 9.17) is 5.11 Å². The number of anilines is 1. The zero-order chi connectivity index (χ0) is 11.4. The second-order valence-corrected chi connectivity index (χ2v) is 4.80. The molecule has 1 aliphatic heterocycles. The molecular weight excluding hydrogens is 226 g/mol. The van der Waals surface area contributed by atoms with Crippen molar-refractivity contribution in [1.29, 1.82) is 0 Å². The number of carbonyl (C=O) groups is 1. The summed E-state index contributed by atoms with van der Waals surface area (Å²) in [4.78, 5) is 17.6. The lowest BCUT2D eigenvalue weighted by atomic mass is 9.99. The van der Waals surface area contributed by atoms with E-state index in [-0.39, 0.29) is 18.6 Å². The lowest BCUT2D eigenvalue weighted by Crippen LogP contribution is -2.43. The zero-order valence-electron chi connectivity index (χ0n) is 8.93. The number of hydrogen-bond donors (Lipinski definition) is 2. The maximum absolute atomic E-state index is 11.8. The van der Waals surface area contributed by atoms with Crippen molar-refractivity contribution in [2.45, 2.75) is 12.8 Å². The van der Waals surface area contributed by atoms with Gasteiger partial charge in [-0.1, -0.05) is 0 Å². The molecule has 1 fully saturated rings. The summed E-state index contributed by atoms with van der Waals surface area (Å²) in [6, 6.07) is -0.117. The van der Waals surface area contributed by atoms with Gasteiger partial charge >= 0.3 is 6.03 Å². The highest BCUT2D eigenvalue weighted by molar-refractivity contribution is 7.13. The predicted molar refractivity (Wildman–Crippen MR) is 62.5 cm³/mol. The Morgan fingerprint density at radius 2 is 2.62 bits per heavy atom. The van der Waals surface area contributed by atoms with Crippen molar-refractivity contribution in [2.75, 3.05) is 25.0 Å². The summed E-state index contributed by atoms with van der Waals surface area (Å²) in [7, 11) is 0. The molecule has 1 atom stereocenters. The van der Waals surface area contributed by atoms with Crippen LogP contribution in [0.1, 0.15) is 12.8 Å². The Hall–Kier alpha value is -1.14. The van der Waals surface area contributed by atoms with Gasteiger partial charge in [-0.15, -0.1) is 11.3 Å². The molecule has 0 saturated carbocycles. The number of carbonyl (C=O) groups excluding carboxylic acids is 1. The number of piperidine rings is 1. The van der Waals surface area contributed by atoms with Gasteiger partial charge in [0.2, 0.25) is 0 Å². The van der Waals surface area contributed by atoms with Gasteiger partial charge in [0, 0.05) is 31.3 Å². The SMILES string of the molecule is O=C(Nc1nccs1)N1CCCC(CO)C1. The fraction of sp³-hybridized carbons (Fsp3) is 0.600. The first kappa shape index (κ1) is 11.3. The van der Waals surface area contributed by atoms with Crippen LogP contribution >= 0.6 is 11.3 Å². The maximum Gasteiger partial charge on any atom is 0.323 e. The summed E-state index contributed by atoms with van der Waals surface area (Å²) in [5, 5.41) is 14.3. The van der Waals surface area contributed by atoms with E-state index in [0.717, 1.165) is 19.4 Å². The highest BCUT2D eigenvalue weighted by atomic mass is 32.1. The zero-order valence-corrected chi connectivity index (χ0v) is 9.74.